The third kappa shape index (κ3) is 4.38. The summed E-state index contributed by atoms with van der Waals surface area (Å²) in [6.45, 7) is 4.17. The van der Waals surface area contributed by atoms with Crippen LogP contribution < -0.4 is 0 Å². The molecule has 0 bridgehead atoms. The Morgan fingerprint density at radius 1 is 1.07 bits per heavy atom. The van der Waals surface area contributed by atoms with Crippen LogP contribution in [0.1, 0.15) is 46.1 Å². The van der Waals surface area contributed by atoms with Crippen LogP contribution in [-0.2, 0) is 24.0 Å². The number of pyridine rings is 1. The van der Waals surface area contributed by atoms with Crippen molar-refractivity contribution in [2.75, 3.05) is 7.11 Å². The normalized spacial score (nSPS) is 11.0. The Labute approximate surface area is 168 Å². The molecule has 0 unspecified atom stereocenters. The van der Waals surface area contributed by atoms with Gasteiger partial charge in [-0.2, -0.15) is 0 Å². The molecule has 1 heterocycles. The lowest BCUT2D eigenvalue weighted by atomic mass is 9.93. The van der Waals surface area contributed by atoms with Crippen molar-refractivity contribution >= 4 is 32.8 Å². The van der Waals surface area contributed by atoms with Crippen molar-refractivity contribution in [2.45, 2.75) is 39.5 Å². The van der Waals surface area contributed by atoms with Gasteiger partial charge in [-0.3, -0.25) is 4.98 Å². The number of methoxy groups -OCH3 is 1. The molecule has 4 heteroatoms. The fraction of sp³-hybridized carbons (Fsp3) is 0.304. The van der Waals surface area contributed by atoms with Gasteiger partial charge in [0.2, 0.25) is 0 Å². The van der Waals surface area contributed by atoms with E-state index in [0.717, 1.165) is 57.9 Å². The molecule has 1 aromatic heterocycles. The average molecular weight is 426 g/mol. The second-order valence-corrected chi connectivity index (χ2v) is 7.72. The Balaban J connectivity index is 2.12. The number of esters is 1. The van der Waals surface area contributed by atoms with Gasteiger partial charge in [-0.15, -0.1) is 0 Å². The van der Waals surface area contributed by atoms with Crippen LogP contribution in [0, 0.1) is 6.92 Å². The van der Waals surface area contributed by atoms with Crippen molar-refractivity contribution in [3.8, 4) is 0 Å². The van der Waals surface area contributed by atoms with Crippen LogP contribution in [0.15, 0.2) is 46.9 Å². The third-order valence-corrected chi connectivity index (χ3v) is 5.31. The van der Waals surface area contributed by atoms with E-state index < -0.39 is 0 Å². The number of carbonyl (C=O) groups is 1. The van der Waals surface area contributed by atoms with Gasteiger partial charge < -0.3 is 4.74 Å². The van der Waals surface area contributed by atoms with Gasteiger partial charge in [0.1, 0.15) is 0 Å². The molecule has 3 rings (SSSR count). The van der Waals surface area contributed by atoms with E-state index in [2.05, 4.69) is 35.0 Å². The number of aryl methyl sites for hydroxylation is 3. The summed E-state index contributed by atoms with van der Waals surface area (Å²) < 4.78 is 6.22. The lowest BCUT2D eigenvalue weighted by molar-refractivity contribution is 0.0601. The fourth-order valence-electron chi connectivity index (χ4n) is 3.44. The minimum atomic E-state index is -0.281. The highest BCUT2D eigenvalue weighted by molar-refractivity contribution is 9.10. The number of rotatable bonds is 6. The molecule has 0 saturated heterocycles. The van der Waals surface area contributed by atoms with E-state index >= 15 is 0 Å². The van der Waals surface area contributed by atoms with E-state index in [1.165, 1.54) is 12.7 Å². The minimum Gasteiger partial charge on any atom is -0.465 e. The van der Waals surface area contributed by atoms with Crippen LogP contribution in [0.2, 0.25) is 0 Å². The van der Waals surface area contributed by atoms with Gasteiger partial charge in [-0.1, -0.05) is 53.0 Å². The molecular weight excluding hydrogens is 402 g/mol. The highest BCUT2D eigenvalue weighted by Gasteiger charge is 2.21. The quantitative estimate of drug-likeness (QED) is 0.466. The fourth-order valence-corrected chi connectivity index (χ4v) is 3.70. The van der Waals surface area contributed by atoms with Gasteiger partial charge in [-0.05, 0) is 61.6 Å². The van der Waals surface area contributed by atoms with E-state index in [-0.39, 0.29) is 5.97 Å². The number of aromatic nitrogens is 1. The largest absolute Gasteiger partial charge is 0.465 e. The Morgan fingerprint density at radius 3 is 2.48 bits per heavy atom. The van der Waals surface area contributed by atoms with Crippen LogP contribution in [0.4, 0.5) is 0 Å². The first-order valence-corrected chi connectivity index (χ1v) is 10.1. The minimum absolute atomic E-state index is 0.281. The van der Waals surface area contributed by atoms with Crippen molar-refractivity contribution in [1.82, 2.24) is 4.98 Å². The Morgan fingerprint density at radius 2 is 1.81 bits per heavy atom. The van der Waals surface area contributed by atoms with Crippen molar-refractivity contribution in [1.29, 1.82) is 0 Å². The third-order valence-electron chi connectivity index (χ3n) is 4.78. The van der Waals surface area contributed by atoms with Crippen molar-refractivity contribution in [3.05, 3.63) is 74.9 Å². The summed E-state index contributed by atoms with van der Waals surface area (Å²) in [7, 11) is 1.45. The monoisotopic (exact) mass is 425 g/mol. The molecule has 2 aromatic carbocycles. The first-order valence-electron chi connectivity index (χ1n) is 9.28. The highest BCUT2D eigenvalue weighted by Crippen LogP contribution is 2.28. The van der Waals surface area contributed by atoms with Gasteiger partial charge in [0.15, 0.2) is 0 Å². The maximum atomic E-state index is 12.7. The number of fused-ring (bicyclic) bond motifs is 1. The number of ether oxygens (including phenoxy) is 1. The molecule has 3 aromatic rings. The SMILES string of the molecule is CCCc1nc2ccc(C)cc2c(C(=O)OC)c1CCc1ccc(Br)cc1. The molecule has 27 heavy (non-hydrogen) atoms. The summed E-state index contributed by atoms with van der Waals surface area (Å²) in [6, 6.07) is 14.4. The van der Waals surface area contributed by atoms with E-state index in [1.807, 2.05) is 37.3 Å². The van der Waals surface area contributed by atoms with Crippen LogP contribution in [-0.4, -0.2) is 18.1 Å². The van der Waals surface area contributed by atoms with Crippen LogP contribution >= 0.6 is 15.9 Å². The topological polar surface area (TPSA) is 39.2 Å². The summed E-state index contributed by atoms with van der Waals surface area (Å²) in [5, 5.41) is 0.882. The van der Waals surface area contributed by atoms with E-state index in [1.54, 1.807) is 0 Å². The number of hydrogen-bond donors (Lipinski definition) is 0. The zero-order valence-electron chi connectivity index (χ0n) is 16.0. The second-order valence-electron chi connectivity index (χ2n) is 6.80. The maximum Gasteiger partial charge on any atom is 0.338 e. The lowest BCUT2D eigenvalue weighted by Gasteiger charge is -2.16. The van der Waals surface area contributed by atoms with Gasteiger partial charge in [0, 0.05) is 15.6 Å². The van der Waals surface area contributed by atoms with Crippen molar-refractivity contribution < 1.29 is 9.53 Å². The summed E-state index contributed by atoms with van der Waals surface area (Å²) in [5.74, 6) is -0.281. The molecule has 0 aliphatic carbocycles. The number of halogens is 1. The molecular formula is C23H24BrNO2. The van der Waals surface area contributed by atoms with E-state index in [0.29, 0.717) is 5.56 Å². The zero-order valence-corrected chi connectivity index (χ0v) is 17.6. The highest BCUT2D eigenvalue weighted by atomic mass is 79.9. The first kappa shape index (κ1) is 19.6. The van der Waals surface area contributed by atoms with Crippen molar-refractivity contribution in [2.24, 2.45) is 0 Å². The number of nitrogens with zero attached hydrogens (tertiary/aromatic N) is 1. The van der Waals surface area contributed by atoms with Gasteiger partial charge >= 0.3 is 5.97 Å². The predicted octanol–water partition coefficient (Wildman–Crippen LogP) is 5.83. The van der Waals surface area contributed by atoms with Gasteiger partial charge in [0.25, 0.3) is 0 Å². The molecule has 0 fully saturated rings. The molecule has 0 spiro atoms. The molecule has 3 nitrogen and oxygen atoms in total. The summed E-state index contributed by atoms with van der Waals surface area (Å²) in [4.78, 5) is 17.6. The Kier molecular flexibility index (Phi) is 6.27. The molecule has 0 aliphatic heterocycles. The molecule has 0 aliphatic rings. The van der Waals surface area contributed by atoms with Crippen LogP contribution in [0.25, 0.3) is 10.9 Å². The lowest BCUT2D eigenvalue weighted by Crippen LogP contribution is -2.12. The molecule has 0 radical (unpaired) electrons. The second kappa shape index (κ2) is 8.66. The van der Waals surface area contributed by atoms with Crippen molar-refractivity contribution in [3.63, 3.8) is 0 Å². The molecule has 0 N–H and O–H groups in total. The molecule has 140 valence electrons. The predicted molar refractivity (Wildman–Crippen MR) is 113 cm³/mol. The Hall–Kier alpha value is -2.20. The number of hydrogen-bond acceptors (Lipinski definition) is 3. The molecule has 0 saturated carbocycles. The summed E-state index contributed by atoms with van der Waals surface area (Å²) in [6.07, 6.45) is 3.45. The van der Waals surface area contributed by atoms with E-state index in [4.69, 9.17) is 9.72 Å². The average Bonchev–Trinajstić information content (AvgIpc) is 2.67. The van der Waals surface area contributed by atoms with E-state index in [9.17, 15) is 4.79 Å². The number of carbonyl (C=O) groups excluding carboxylic acids is 1. The number of benzene rings is 2. The zero-order chi connectivity index (χ0) is 19.4. The smallest absolute Gasteiger partial charge is 0.338 e. The Bertz CT molecular complexity index is 964. The summed E-state index contributed by atoms with van der Waals surface area (Å²) >= 11 is 3.48. The maximum absolute atomic E-state index is 12.7. The van der Waals surface area contributed by atoms with Gasteiger partial charge in [0.05, 0.1) is 18.2 Å². The van der Waals surface area contributed by atoms with Crippen LogP contribution in [0.5, 0.6) is 0 Å². The molecule has 0 amide bonds. The standard InChI is InChI=1S/C23H24BrNO2/c1-4-5-20-18(12-9-16-7-10-17(24)11-8-16)22(23(26)27-3)19-14-15(2)6-13-21(19)25-20/h6-8,10-11,13-14H,4-5,9,12H2,1-3H3. The van der Waals surface area contributed by atoms with Gasteiger partial charge in [-0.25, -0.2) is 4.79 Å². The molecule has 0 atom stereocenters. The summed E-state index contributed by atoms with van der Waals surface area (Å²) in [5.41, 5.74) is 5.90. The first-order chi connectivity index (χ1) is 13.0. The van der Waals surface area contributed by atoms with Crippen LogP contribution in [0.3, 0.4) is 0 Å².